The van der Waals surface area contributed by atoms with Crippen molar-refractivity contribution in [3.05, 3.63) is 146 Å². The third-order valence-electron chi connectivity index (χ3n) is 8.33. The van der Waals surface area contributed by atoms with Crippen LogP contribution in [0.5, 0.6) is 0 Å². The van der Waals surface area contributed by atoms with E-state index in [0.29, 0.717) is 0 Å². The summed E-state index contributed by atoms with van der Waals surface area (Å²) >= 11 is 1.62. The van der Waals surface area contributed by atoms with Crippen molar-refractivity contribution in [1.29, 1.82) is 0 Å². The maximum Gasteiger partial charge on any atom is 0.148 e. The molecule has 0 N–H and O–H groups in total. The van der Waals surface area contributed by atoms with E-state index >= 15 is 0 Å². The van der Waals surface area contributed by atoms with Crippen molar-refractivity contribution in [3.8, 4) is 32.5 Å². The molecule has 0 fully saturated rings. The van der Waals surface area contributed by atoms with Crippen molar-refractivity contribution < 1.29 is 0 Å². The van der Waals surface area contributed by atoms with Crippen LogP contribution in [0.25, 0.3) is 76.1 Å². The summed E-state index contributed by atoms with van der Waals surface area (Å²) in [6.45, 7) is 0. The lowest BCUT2D eigenvalue weighted by Gasteiger charge is -2.08. The highest BCUT2D eigenvalue weighted by molar-refractivity contribution is 7.17. The van der Waals surface area contributed by atoms with Gasteiger partial charge in [-0.05, 0) is 72.8 Å². The number of hydrogen-bond acceptors (Lipinski definition) is 3. The first kappa shape index (κ1) is 24.1. The van der Waals surface area contributed by atoms with Gasteiger partial charge in [0.1, 0.15) is 10.0 Å². The van der Waals surface area contributed by atoms with Gasteiger partial charge in [-0.25, -0.2) is 0 Å². The average molecular weight is 569 g/mol. The molecule has 0 bridgehead atoms. The number of benzene rings is 6. The summed E-state index contributed by atoms with van der Waals surface area (Å²) < 4.78 is 4.66. The molecule has 0 amide bonds. The van der Waals surface area contributed by atoms with E-state index in [-0.39, 0.29) is 0 Å². The highest BCUT2D eigenvalue weighted by atomic mass is 32.1. The van der Waals surface area contributed by atoms with Gasteiger partial charge in [-0.2, -0.15) is 0 Å². The van der Waals surface area contributed by atoms with Gasteiger partial charge in [-0.15, -0.1) is 10.2 Å². The molecule has 0 aliphatic rings. The lowest BCUT2D eigenvalue weighted by atomic mass is 10.2. The lowest BCUT2D eigenvalue weighted by Crippen LogP contribution is -1.93. The summed E-state index contributed by atoms with van der Waals surface area (Å²) in [7, 11) is 0. The van der Waals surface area contributed by atoms with Crippen molar-refractivity contribution in [1.82, 2.24) is 19.3 Å². The Morgan fingerprint density at radius 2 is 0.651 bits per heavy atom. The second kappa shape index (κ2) is 9.51. The Kier molecular flexibility index (Phi) is 5.33. The van der Waals surface area contributed by atoms with E-state index in [0.717, 1.165) is 32.5 Å². The minimum atomic E-state index is 0.912. The third-order valence-corrected chi connectivity index (χ3v) is 9.35. The van der Waals surface area contributed by atoms with Gasteiger partial charge in [0.25, 0.3) is 0 Å². The van der Waals surface area contributed by atoms with E-state index in [2.05, 4.69) is 165 Å². The number of hydrogen-bond donors (Lipinski definition) is 0. The van der Waals surface area contributed by atoms with Crippen LogP contribution in [0.4, 0.5) is 0 Å². The molecule has 0 saturated carbocycles. The molecule has 3 aromatic heterocycles. The zero-order valence-electron chi connectivity index (χ0n) is 23.1. The Hall–Kier alpha value is -5.52. The van der Waals surface area contributed by atoms with E-state index in [4.69, 9.17) is 0 Å². The second-order valence-electron chi connectivity index (χ2n) is 10.7. The molecular formula is C38H24N4S. The van der Waals surface area contributed by atoms with E-state index in [1.807, 2.05) is 0 Å². The first-order valence-electron chi connectivity index (χ1n) is 14.3. The van der Waals surface area contributed by atoms with Gasteiger partial charge >= 0.3 is 0 Å². The zero-order valence-corrected chi connectivity index (χ0v) is 23.9. The number of para-hydroxylation sites is 4. The molecule has 202 valence electrons. The van der Waals surface area contributed by atoms with E-state index in [1.165, 1.54) is 43.6 Å². The van der Waals surface area contributed by atoms with Crippen molar-refractivity contribution in [2.24, 2.45) is 0 Å². The molecule has 9 aromatic rings. The molecule has 0 aliphatic carbocycles. The van der Waals surface area contributed by atoms with Gasteiger partial charge in [-0.1, -0.05) is 84.1 Å². The molecular weight excluding hydrogens is 545 g/mol. The first-order chi connectivity index (χ1) is 21.3. The van der Waals surface area contributed by atoms with Crippen LogP contribution in [0.15, 0.2) is 146 Å². The van der Waals surface area contributed by atoms with E-state index in [9.17, 15) is 0 Å². The molecule has 0 unspecified atom stereocenters. The van der Waals surface area contributed by atoms with Gasteiger partial charge in [0, 0.05) is 44.0 Å². The summed E-state index contributed by atoms with van der Waals surface area (Å²) in [6, 6.07) is 51.6. The van der Waals surface area contributed by atoms with Crippen molar-refractivity contribution >= 4 is 54.9 Å². The predicted octanol–water partition coefficient (Wildman–Crippen LogP) is 10.1. The topological polar surface area (TPSA) is 35.6 Å². The predicted molar refractivity (Wildman–Crippen MR) is 179 cm³/mol. The maximum atomic E-state index is 4.57. The molecule has 43 heavy (non-hydrogen) atoms. The normalized spacial score (nSPS) is 11.7. The quantitative estimate of drug-likeness (QED) is 0.212. The molecule has 6 aromatic carbocycles. The smallest absolute Gasteiger partial charge is 0.148 e. The lowest BCUT2D eigenvalue weighted by molar-refractivity contribution is 1.10. The number of fused-ring (bicyclic) bond motifs is 6. The number of rotatable bonds is 4. The highest BCUT2D eigenvalue weighted by Gasteiger charge is 2.14. The summed E-state index contributed by atoms with van der Waals surface area (Å²) in [6.07, 6.45) is 0. The van der Waals surface area contributed by atoms with Crippen LogP contribution in [-0.4, -0.2) is 19.3 Å². The molecule has 3 heterocycles. The van der Waals surface area contributed by atoms with Crippen LogP contribution >= 0.6 is 11.3 Å². The van der Waals surface area contributed by atoms with Gasteiger partial charge in [0.15, 0.2) is 0 Å². The molecule has 0 saturated heterocycles. The monoisotopic (exact) mass is 568 g/mol. The van der Waals surface area contributed by atoms with Gasteiger partial charge in [0.2, 0.25) is 0 Å². The van der Waals surface area contributed by atoms with Crippen LogP contribution in [0, 0.1) is 0 Å². The summed E-state index contributed by atoms with van der Waals surface area (Å²) in [4.78, 5) is 0. The highest BCUT2D eigenvalue weighted by Crippen LogP contribution is 2.36. The van der Waals surface area contributed by atoms with Crippen molar-refractivity contribution in [3.63, 3.8) is 0 Å². The largest absolute Gasteiger partial charge is 0.309 e. The Bertz CT molecular complexity index is 2170. The zero-order chi connectivity index (χ0) is 28.3. The molecule has 9 rings (SSSR count). The molecule has 0 radical (unpaired) electrons. The maximum absolute atomic E-state index is 4.57. The molecule has 0 aliphatic heterocycles. The van der Waals surface area contributed by atoms with Crippen LogP contribution in [-0.2, 0) is 0 Å². The molecule has 0 atom stereocenters. The first-order valence-corrected chi connectivity index (χ1v) is 15.2. The average Bonchev–Trinajstić information content (AvgIpc) is 3.78. The Morgan fingerprint density at radius 1 is 0.349 bits per heavy atom. The Balaban J connectivity index is 1.04. The summed E-state index contributed by atoms with van der Waals surface area (Å²) in [5.41, 5.74) is 9.22. The fraction of sp³-hybridized carbons (Fsp3) is 0. The van der Waals surface area contributed by atoms with Crippen molar-refractivity contribution in [2.45, 2.75) is 0 Å². The minimum absolute atomic E-state index is 0.912. The number of aromatic nitrogens is 4. The molecule has 0 spiro atoms. The Labute approximate surface area is 251 Å². The minimum Gasteiger partial charge on any atom is -0.309 e. The van der Waals surface area contributed by atoms with Crippen LogP contribution in [0.3, 0.4) is 0 Å². The summed E-state index contributed by atoms with van der Waals surface area (Å²) in [5.74, 6) is 0. The Morgan fingerprint density at radius 3 is 0.977 bits per heavy atom. The van der Waals surface area contributed by atoms with Crippen LogP contribution in [0.2, 0.25) is 0 Å². The second-order valence-corrected chi connectivity index (χ2v) is 11.7. The number of nitrogens with zero attached hydrogens (tertiary/aromatic N) is 4. The SMILES string of the molecule is c1ccc2c(c1)c1ccccc1n2-c1ccc(-c2nnc(-c3ccc(-n4c5ccccc5c5ccccc54)cc3)s2)cc1. The fourth-order valence-electron chi connectivity index (χ4n) is 6.36. The van der Waals surface area contributed by atoms with Crippen molar-refractivity contribution in [2.75, 3.05) is 0 Å². The fourth-order valence-corrected chi connectivity index (χ4v) is 7.22. The molecule has 5 heteroatoms. The van der Waals surface area contributed by atoms with Crippen LogP contribution < -0.4 is 0 Å². The van der Waals surface area contributed by atoms with Gasteiger partial charge in [0.05, 0.1) is 22.1 Å². The van der Waals surface area contributed by atoms with Crippen LogP contribution in [0.1, 0.15) is 0 Å². The van der Waals surface area contributed by atoms with E-state index < -0.39 is 0 Å². The third kappa shape index (κ3) is 3.75. The molecule has 4 nitrogen and oxygen atoms in total. The summed E-state index contributed by atoms with van der Waals surface area (Å²) in [5, 5.41) is 16.0. The van der Waals surface area contributed by atoms with E-state index in [1.54, 1.807) is 11.3 Å². The standard InChI is InChI=1S/C38H24N4S/c1-5-13-33-29(9-1)30-10-2-6-14-34(30)41(33)27-21-17-25(18-22-27)37-39-40-38(43-37)26-19-23-28(24-20-26)42-35-15-7-3-11-31(35)32-12-4-8-16-36(32)42/h1-24H. The van der Waals surface area contributed by atoms with Gasteiger partial charge < -0.3 is 9.13 Å². The van der Waals surface area contributed by atoms with Gasteiger partial charge in [-0.3, -0.25) is 0 Å².